The van der Waals surface area contributed by atoms with E-state index in [0.717, 1.165) is 28.8 Å². The molecule has 0 aliphatic carbocycles. The van der Waals surface area contributed by atoms with Crippen LogP contribution in [0.1, 0.15) is 19.4 Å². The number of aromatic nitrogens is 1. The van der Waals surface area contributed by atoms with Gasteiger partial charge >= 0.3 is 0 Å². The van der Waals surface area contributed by atoms with Crippen LogP contribution in [0.2, 0.25) is 0 Å². The molecular formula is C17H27N3O3S. The highest BCUT2D eigenvalue weighted by Crippen LogP contribution is 2.27. The lowest BCUT2D eigenvalue weighted by atomic mass is 10.1. The molecule has 0 radical (unpaired) electrons. The van der Waals surface area contributed by atoms with E-state index in [4.69, 9.17) is 4.74 Å². The molecule has 7 heteroatoms. The lowest BCUT2D eigenvalue weighted by Gasteiger charge is -2.11. The highest BCUT2D eigenvalue weighted by atomic mass is 32.2. The van der Waals surface area contributed by atoms with Crippen LogP contribution in [0.4, 0.5) is 0 Å². The van der Waals surface area contributed by atoms with E-state index in [1.54, 1.807) is 7.11 Å². The Hall–Kier alpha value is -1.57. The molecule has 1 aromatic carbocycles. The summed E-state index contributed by atoms with van der Waals surface area (Å²) in [6.07, 6.45) is 2.76. The molecular weight excluding hydrogens is 326 g/mol. The molecule has 0 unspecified atom stereocenters. The molecule has 0 saturated carbocycles. The smallest absolute Gasteiger partial charge is 0.278 e. The van der Waals surface area contributed by atoms with Gasteiger partial charge in [-0.1, -0.05) is 13.8 Å². The van der Waals surface area contributed by atoms with E-state index < -0.39 is 10.2 Å². The predicted octanol–water partition coefficient (Wildman–Crippen LogP) is 2.24. The van der Waals surface area contributed by atoms with Gasteiger partial charge in [0.1, 0.15) is 5.75 Å². The minimum absolute atomic E-state index is 0.368. The van der Waals surface area contributed by atoms with Gasteiger partial charge in [-0.3, -0.25) is 0 Å². The van der Waals surface area contributed by atoms with Crippen molar-refractivity contribution in [2.45, 2.75) is 26.8 Å². The number of hydrogen-bond acceptors (Lipinski definition) is 3. The maximum absolute atomic E-state index is 11.8. The van der Waals surface area contributed by atoms with Crippen LogP contribution in [-0.2, 0) is 23.2 Å². The van der Waals surface area contributed by atoms with Crippen LogP contribution in [0, 0.1) is 5.92 Å². The largest absolute Gasteiger partial charge is 0.497 e. The van der Waals surface area contributed by atoms with Crippen molar-refractivity contribution < 1.29 is 13.2 Å². The van der Waals surface area contributed by atoms with Crippen LogP contribution in [-0.4, -0.2) is 45.0 Å². The fraction of sp³-hybridized carbons (Fsp3) is 0.529. The predicted molar refractivity (Wildman–Crippen MR) is 97.6 cm³/mol. The Morgan fingerprint density at radius 3 is 2.58 bits per heavy atom. The molecule has 0 amide bonds. The first-order chi connectivity index (χ1) is 11.2. The van der Waals surface area contributed by atoms with Crippen molar-refractivity contribution in [3.63, 3.8) is 0 Å². The van der Waals surface area contributed by atoms with Gasteiger partial charge in [-0.15, -0.1) is 0 Å². The monoisotopic (exact) mass is 353 g/mol. The number of nitrogens with one attached hydrogen (secondary N) is 1. The van der Waals surface area contributed by atoms with Crippen LogP contribution >= 0.6 is 0 Å². The normalized spacial score (nSPS) is 12.5. The molecule has 2 aromatic rings. The van der Waals surface area contributed by atoms with Gasteiger partial charge in [0.05, 0.1) is 12.6 Å². The topological polar surface area (TPSA) is 63.6 Å². The summed E-state index contributed by atoms with van der Waals surface area (Å²) in [6, 6.07) is 6.02. The van der Waals surface area contributed by atoms with Crippen molar-refractivity contribution in [3.05, 3.63) is 30.0 Å². The molecule has 1 N–H and O–H groups in total. The van der Waals surface area contributed by atoms with Crippen LogP contribution in [0.3, 0.4) is 0 Å². The molecule has 2 rings (SSSR count). The summed E-state index contributed by atoms with van der Waals surface area (Å²) < 4.78 is 35.0. The zero-order valence-corrected chi connectivity index (χ0v) is 15.9. The first-order valence-corrected chi connectivity index (χ1v) is 9.51. The third-order valence-corrected chi connectivity index (χ3v) is 5.42. The van der Waals surface area contributed by atoms with Crippen molar-refractivity contribution in [1.29, 1.82) is 0 Å². The Balaban J connectivity index is 2.26. The molecule has 0 aliphatic rings. The summed E-state index contributed by atoms with van der Waals surface area (Å²) in [5, 5.41) is 1.14. The first-order valence-electron chi connectivity index (χ1n) is 8.07. The molecule has 6 nitrogen and oxygen atoms in total. The molecule has 24 heavy (non-hydrogen) atoms. The van der Waals surface area contributed by atoms with E-state index in [1.807, 2.05) is 18.2 Å². The van der Waals surface area contributed by atoms with Gasteiger partial charge in [0.15, 0.2) is 0 Å². The highest BCUT2D eigenvalue weighted by Gasteiger charge is 2.14. The second-order valence-corrected chi connectivity index (χ2v) is 8.48. The van der Waals surface area contributed by atoms with Gasteiger partial charge in [0, 0.05) is 44.8 Å². The SMILES string of the molecule is COc1ccc2c(CCNS(=O)(=O)N(C)C)cn(CC(C)C)c2c1. The van der Waals surface area contributed by atoms with Gasteiger partial charge in [-0.2, -0.15) is 12.7 Å². The second kappa shape index (κ2) is 7.55. The molecule has 0 spiro atoms. The van der Waals surface area contributed by atoms with Crippen molar-refractivity contribution in [3.8, 4) is 5.75 Å². The molecule has 0 atom stereocenters. The highest BCUT2D eigenvalue weighted by molar-refractivity contribution is 7.87. The van der Waals surface area contributed by atoms with E-state index in [0.29, 0.717) is 18.9 Å². The number of rotatable bonds is 8. The van der Waals surface area contributed by atoms with Crippen molar-refractivity contribution >= 4 is 21.1 Å². The molecule has 1 heterocycles. The summed E-state index contributed by atoms with van der Waals surface area (Å²) in [6.45, 7) is 5.63. The average Bonchev–Trinajstić information content (AvgIpc) is 2.83. The third kappa shape index (κ3) is 4.28. The number of benzene rings is 1. The van der Waals surface area contributed by atoms with E-state index in [1.165, 1.54) is 18.4 Å². The zero-order chi connectivity index (χ0) is 17.9. The second-order valence-electron chi connectivity index (χ2n) is 6.52. The maximum atomic E-state index is 11.8. The lowest BCUT2D eigenvalue weighted by Crippen LogP contribution is -2.36. The van der Waals surface area contributed by atoms with Gasteiger partial charge in [0.2, 0.25) is 0 Å². The quantitative estimate of drug-likeness (QED) is 0.792. The molecule has 0 saturated heterocycles. The number of methoxy groups -OCH3 is 1. The number of hydrogen-bond donors (Lipinski definition) is 1. The van der Waals surface area contributed by atoms with Crippen molar-refractivity contribution in [2.75, 3.05) is 27.7 Å². The number of nitrogens with zero attached hydrogens (tertiary/aromatic N) is 2. The van der Waals surface area contributed by atoms with E-state index in [9.17, 15) is 8.42 Å². The molecule has 0 aliphatic heterocycles. The van der Waals surface area contributed by atoms with E-state index in [2.05, 4.69) is 29.3 Å². The van der Waals surface area contributed by atoms with Crippen molar-refractivity contribution in [2.24, 2.45) is 5.92 Å². The first kappa shape index (κ1) is 18.8. The van der Waals surface area contributed by atoms with Crippen molar-refractivity contribution in [1.82, 2.24) is 13.6 Å². The number of ether oxygens (including phenoxy) is 1. The van der Waals surface area contributed by atoms with Gasteiger partial charge in [0.25, 0.3) is 10.2 Å². The third-order valence-electron chi connectivity index (χ3n) is 3.89. The molecule has 0 fully saturated rings. The fourth-order valence-electron chi connectivity index (χ4n) is 2.66. The number of fused-ring (bicyclic) bond motifs is 1. The summed E-state index contributed by atoms with van der Waals surface area (Å²) in [4.78, 5) is 0. The Morgan fingerprint density at radius 1 is 1.29 bits per heavy atom. The molecule has 1 aromatic heterocycles. The zero-order valence-electron chi connectivity index (χ0n) is 15.0. The van der Waals surface area contributed by atoms with Crippen LogP contribution < -0.4 is 9.46 Å². The Bertz CT molecular complexity index is 795. The minimum Gasteiger partial charge on any atom is -0.497 e. The fourth-order valence-corrected chi connectivity index (χ4v) is 3.28. The van der Waals surface area contributed by atoms with E-state index >= 15 is 0 Å². The Kier molecular flexibility index (Phi) is 5.90. The summed E-state index contributed by atoms with van der Waals surface area (Å²) in [5.41, 5.74) is 2.25. The maximum Gasteiger partial charge on any atom is 0.278 e. The summed E-state index contributed by atoms with van der Waals surface area (Å²) in [5.74, 6) is 1.34. The van der Waals surface area contributed by atoms with Gasteiger partial charge < -0.3 is 9.30 Å². The standard InChI is InChI=1S/C17H27N3O3S/c1-13(2)11-20-12-14(8-9-18-24(21,22)19(3)4)16-7-6-15(23-5)10-17(16)20/h6-7,10,12-13,18H,8-9,11H2,1-5H3. The summed E-state index contributed by atoms with van der Waals surface area (Å²) in [7, 11) is 1.31. The average molecular weight is 353 g/mol. The Morgan fingerprint density at radius 2 is 2.00 bits per heavy atom. The lowest BCUT2D eigenvalue weighted by molar-refractivity contribution is 0.415. The van der Waals surface area contributed by atoms with Crippen LogP contribution in [0.5, 0.6) is 5.75 Å². The molecule has 134 valence electrons. The van der Waals surface area contributed by atoms with Crippen LogP contribution in [0.25, 0.3) is 10.9 Å². The van der Waals surface area contributed by atoms with Gasteiger partial charge in [-0.25, -0.2) is 4.72 Å². The summed E-state index contributed by atoms with van der Waals surface area (Å²) >= 11 is 0. The molecule has 0 bridgehead atoms. The Labute approximate surface area is 144 Å². The minimum atomic E-state index is -3.39. The van der Waals surface area contributed by atoms with Crippen LogP contribution in [0.15, 0.2) is 24.4 Å². The van der Waals surface area contributed by atoms with E-state index in [-0.39, 0.29) is 0 Å². The van der Waals surface area contributed by atoms with Gasteiger partial charge in [-0.05, 0) is 30.0 Å².